The third-order valence-electron chi connectivity index (χ3n) is 2.84. The van der Waals surface area contributed by atoms with Crippen molar-refractivity contribution in [2.24, 2.45) is 0 Å². The van der Waals surface area contributed by atoms with Gasteiger partial charge in [0.1, 0.15) is 0 Å². The van der Waals surface area contributed by atoms with E-state index in [0.717, 1.165) is 11.3 Å². The van der Waals surface area contributed by atoms with Gasteiger partial charge in [0.05, 0.1) is 19.0 Å². The molecule has 0 fully saturated rings. The Morgan fingerprint density at radius 2 is 1.86 bits per heavy atom. The number of aromatic nitrogens is 5. The topological polar surface area (TPSA) is 82.8 Å². The van der Waals surface area contributed by atoms with E-state index >= 15 is 0 Å². The zero-order valence-electron chi connectivity index (χ0n) is 11.2. The molecule has 7 nitrogen and oxygen atoms in total. The minimum Gasteiger partial charge on any atom is -0.464 e. The van der Waals surface area contributed by atoms with E-state index in [1.54, 1.807) is 6.07 Å². The van der Waals surface area contributed by atoms with Gasteiger partial charge in [0.2, 0.25) is 0 Å². The monoisotopic (exact) mass is 281 g/mol. The minimum absolute atomic E-state index is 0.117. The van der Waals surface area contributed by atoms with Gasteiger partial charge in [-0.3, -0.25) is 0 Å². The fraction of sp³-hybridized carbons (Fsp3) is 0.0714. The second-order valence-corrected chi connectivity index (χ2v) is 4.18. The zero-order valence-corrected chi connectivity index (χ0v) is 11.2. The summed E-state index contributed by atoms with van der Waals surface area (Å²) in [5.41, 5.74) is 1.85. The van der Waals surface area contributed by atoms with E-state index in [4.69, 9.17) is 0 Å². The van der Waals surface area contributed by atoms with E-state index < -0.39 is 5.97 Å². The fourth-order valence-corrected chi connectivity index (χ4v) is 1.78. The number of esters is 1. The molecule has 0 aliphatic rings. The summed E-state index contributed by atoms with van der Waals surface area (Å²) in [6.07, 6.45) is 1.44. The smallest absolute Gasteiger partial charge is 0.360 e. The lowest BCUT2D eigenvalue weighted by Crippen LogP contribution is -2.02. The number of carbonyl (C=O) groups is 1. The molecule has 0 spiro atoms. The van der Waals surface area contributed by atoms with Crippen molar-refractivity contribution < 1.29 is 9.53 Å². The molecule has 7 heteroatoms. The molecule has 2 aromatic heterocycles. The lowest BCUT2D eigenvalue weighted by atomic mass is 10.1. The maximum atomic E-state index is 11.3. The van der Waals surface area contributed by atoms with Gasteiger partial charge in [-0.1, -0.05) is 35.5 Å². The van der Waals surface area contributed by atoms with Crippen LogP contribution in [0.4, 0.5) is 0 Å². The summed E-state index contributed by atoms with van der Waals surface area (Å²) in [6, 6.07) is 13.3. The van der Waals surface area contributed by atoms with E-state index in [1.165, 1.54) is 18.0 Å². The SMILES string of the molecule is COC(=O)c1cn(-c2ccc(-c3ccccc3)nn2)nn1. The molecular formula is C14H11N5O2. The third kappa shape index (κ3) is 2.62. The van der Waals surface area contributed by atoms with Crippen molar-refractivity contribution in [2.45, 2.75) is 0 Å². The summed E-state index contributed by atoms with van der Waals surface area (Å²) < 4.78 is 5.94. The highest BCUT2D eigenvalue weighted by Gasteiger charge is 2.12. The number of benzene rings is 1. The molecule has 0 atom stereocenters. The molecule has 3 rings (SSSR count). The van der Waals surface area contributed by atoms with Crippen LogP contribution in [-0.2, 0) is 4.74 Å². The van der Waals surface area contributed by atoms with Gasteiger partial charge in [-0.25, -0.2) is 4.79 Å². The van der Waals surface area contributed by atoms with Crippen molar-refractivity contribution in [3.63, 3.8) is 0 Å². The highest BCUT2D eigenvalue weighted by molar-refractivity contribution is 5.86. The Balaban J connectivity index is 1.87. The summed E-state index contributed by atoms with van der Waals surface area (Å²) in [4.78, 5) is 11.3. The van der Waals surface area contributed by atoms with Crippen LogP contribution in [0.1, 0.15) is 10.5 Å². The lowest BCUT2D eigenvalue weighted by Gasteiger charge is -2.01. The molecule has 1 aromatic carbocycles. The number of hydrogen-bond donors (Lipinski definition) is 0. The quantitative estimate of drug-likeness (QED) is 0.677. The van der Waals surface area contributed by atoms with Crippen LogP contribution < -0.4 is 0 Å². The Kier molecular flexibility index (Phi) is 3.38. The van der Waals surface area contributed by atoms with Gasteiger partial charge >= 0.3 is 5.97 Å². The van der Waals surface area contributed by atoms with Crippen LogP contribution in [0.15, 0.2) is 48.7 Å². The molecule has 0 radical (unpaired) electrons. The summed E-state index contributed by atoms with van der Waals surface area (Å²) in [5.74, 6) is -0.0764. The number of methoxy groups -OCH3 is 1. The van der Waals surface area contributed by atoms with Crippen LogP contribution in [0.5, 0.6) is 0 Å². The van der Waals surface area contributed by atoms with Crippen LogP contribution in [0.25, 0.3) is 17.1 Å². The van der Waals surface area contributed by atoms with Gasteiger partial charge in [-0.05, 0) is 12.1 Å². The van der Waals surface area contributed by atoms with Crippen LogP contribution in [0, 0.1) is 0 Å². The molecule has 0 saturated carbocycles. The van der Waals surface area contributed by atoms with E-state index in [1.807, 2.05) is 36.4 Å². The van der Waals surface area contributed by atoms with Crippen LogP contribution in [-0.4, -0.2) is 38.3 Å². The lowest BCUT2D eigenvalue weighted by molar-refractivity contribution is 0.0594. The van der Waals surface area contributed by atoms with Gasteiger partial charge in [0.25, 0.3) is 0 Å². The number of carbonyl (C=O) groups excluding carboxylic acids is 1. The molecule has 3 aromatic rings. The molecule has 0 aliphatic heterocycles. The Bertz CT molecular complexity index is 753. The minimum atomic E-state index is -0.546. The summed E-state index contributed by atoms with van der Waals surface area (Å²) in [6.45, 7) is 0. The Labute approximate surface area is 120 Å². The highest BCUT2D eigenvalue weighted by Crippen LogP contribution is 2.15. The first-order valence-electron chi connectivity index (χ1n) is 6.18. The molecule has 0 amide bonds. The summed E-state index contributed by atoms with van der Waals surface area (Å²) in [5, 5.41) is 15.8. The van der Waals surface area contributed by atoms with Crippen LogP contribution in [0.3, 0.4) is 0 Å². The van der Waals surface area contributed by atoms with Gasteiger partial charge in [-0.15, -0.1) is 15.3 Å². The van der Waals surface area contributed by atoms with E-state index in [2.05, 4.69) is 25.2 Å². The Morgan fingerprint density at radius 3 is 2.52 bits per heavy atom. The normalized spacial score (nSPS) is 10.3. The maximum Gasteiger partial charge on any atom is 0.360 e. The average molecular weight is 281 g/mol. The number of nitrogens with zero attached hydrogens (tertiary/aromatic N) is 5. The summed E-state index contributed by atoms with van der Waals surface area (Å²) >= 11 is 0. The van der Waals surface area contributed by atoms with Crippen molar-refractivity contribution in [3.8, 4) is 17.1 Å². The molecule has 0 saturated heterocycles. The molecule has 0 bridgehead atoms. The standard InChI is InChI=1S/C14H11N5O2/c1-21-14(20)12-9-19(18-16-12)13-8-7-11(15-17-13)10-5-3-2-4-6-10/h2-9H,1H3. The van der Waals surface area contributed by atoms with E-state index in [-0.39, 0.29) is 5.69 Å². The zero-order chi connectivity index (χ0) is 14.7. The highest BCUT2D eigenvalue weighted by atomic mass is 16.5. The first kappa shape index (κ1) is 12.9. The second kappa shape index (κ2) is 5.49. The van der Waals surface area contributed by atoms with E-state index in [9.17, 15) is 4.79 Å². The number of rotatable bonds is 3. The predicted octanol–water partition coefficient (Wildman–Crippen LogP) is 1.51. The summed E-state index contributed by atoms with van der Waals surface area (Å²) in [7, 11) is 1.29. The molecule has 0 aliphatic carbocycles. The van der Waals surface area contributed by atoms with Crippen molar-refractivity contribution in [1.82, 2.24) is 25.2 Å². The second-order valence-electron chi connectivity index (χ2n) is 4.18. The molecule has 104 valence electrons. The van der Waals surface area contributed by atoms with Crippen molar-refractivity contribution in [1.29, 1.82) is 0 Å². The first-order valence-corrected chi connectivity index (χ1v) is 6.18. The predicted molar refractivity (Wildman–Crippen MR) is 73.7 cm³/mol. The van der Waals surface area contributed by atoms with Crippen molar-refractivity contribution in [3.05, 3.63) is 54.4 Å². The molecular weight excluding hydrogens is 270 g/mol. The van der Waals surface area contributed by atoms with Gasteiger partial charge in [0.15, 0.2) is 11.5 Å². The molecule has 21 heavy (non-hydrogen) atoms. The van der Waals surface area contributed by atoms with Crippen molar-refractivity contribution >= 4 is 5.97 Å². The maximum absolute atomic E-state index is 11.3. The third-order valence-corrected chi connectivity index (χ3v) is 2.84. The Hall–Kier alpha value is -3.09. The van der Waals surface area contributed by atoms with Gasteiger partial charge in [-0.2, -0.15) is 4.68 Å². The molecule has 2 heterocycles. The van der Waals surface area contributed by atoms with Crippen LogP contribution in [0.2, 0.25) is 0 Å². The Morgan fingerprint density at radius 1 is 1.05 bits per heavy atom. The fourth-order valence-electron chi connectivity index (χ4n) is 1.78. The molecule has 0 N–H and O–H groups in total. The number of ether oxygens (including phenoxy) is 1. The molecule has 0 unspecified atom stereocenters. The van der Waals surface area contributed by atoms with E-state index in [0.29, 0.717) is 5.82 Å². The van der Waals surface area contributed by atoms with Crippen molar-refractivity contribution in [2.75, 3.05) is 7.11 Å². The van der Waals surface area contributed by atoms with Gasteiger partial charge < -0.3 is 4.74 Å². The average Bonchev–Trinajstić information content (AvgIpc) is 3.05. The van der Waals surface area contributed by atoms with Gasteiger partial charge in [0, 0.05) is 5.56 Å². The number of hydrogen-bond acceptors (Lipinski definition) is 6. The largest absolute Gasteiger partial charge is 0.464 e. The first-order chi connectivity index (χ1) is 10.3. The van der Waals surface area contributed by atoms with Crippen LogP contribution >= 0.6 is 0 Å².